The number of methoxy groups -OCH3 is 1. The van der Waals surface area contributed by atoms with Gasteiger partial charge in [-0.05, 0) is 51.2 Å². The fourth-order valence-electron chi connectivity index (χ4n) is 5.30. The van der Waals surface area contributed by atoms with Crippen LogP contribution in [0.2, 0.25) is 0 Å². The molecule has 31 heavy (non-hydrogen) atoms. The highest BCUT2D eigenvalue weighted by molar-refractivity contribution is 5.91. The molecule has 0 aliphatic carbocycles. The summed E-state index contributed by atoms with van der Waals surface area (Å²) < 4.78 is 4.89. The summed E-state index contributed by atoms with van der Waals surface area (Å²) in [6.45, 7) is 2.54. The van der Waals surface area contributed by atoms with Crippen molar-refractivity contribution < 1.29 is 9.53 Å². The van der Waals surface area contributed by atoms with Crippen LogP contribution in [0, 0.1) is 0 Å². The Bertz CT molecular complexity index is 941. The molecule has 5 atom stereocenters. The third kappa shape index (κ3) is 4.30. The Morgan fingerprint density at radius 3 is 2.74 bits per heavy atom. The Morgan fingerprint density at radius 2 is 2.03 bits per heavy atom. The van der Waals surface area contributed by atoms with Crippen LogP contribution in [0.3, 0.4) is 0 Å². The highest BCUT2D eigenvalue weighted by Crippen LogP contribution is 2.37. The number of piperidine rings is 1. The lowest BCUT2D eigenvalue weighted by Gasteiger charge is -2.38. The van der Waals surface area contributed by atoms with Crippen LogP contribution in [0.4, 0.5) is 11.6 Å². The Morgan fingerprint density at radius 1 is 1.23 bits per heavy atom. The zero-order valence-corrected chi connectivity index (χ0v) is 18.1. The number of hydrazine groups is 1. The van der Waals surface area contributed by atoms with E-state index < -0.39 is 0 Å². The molecule has 166 valence electrons. The first-order valence-corrected chi connectivity index (χ1v) is 11.2. The topological polar surface area (TPSA) is 103 Å². The van der Waals surface area contributed by atoms with Crippen molar-refractivity contribution in [3.8, 4) is 0 Å². The van der Waals surface area contributed by atoms with Gasteiger partial charge in [0.15, 0.2) is 0 Å². The summed E-state index contributed by atoms with van der Waals surface area (Å²) in [6.07, 6.45) is 7.20. The molecule has 2 aromatic rings. The molecule has 5 heterocycles. The summed E-state index contributed by atoms with van der Waals surface area (Å²) in [5.74, 6) is 1.54. The second kappa shape index (κ2) is 8.57. The molecule has 3 fully saturated rings. The van der Waals surface area contributed by atoms with Crippen LogP contribution in [0.5, 0.6) is 0 Å². The lowest BCUT2D eigenvalue weighted by molar-refractivity contribution is -0.143. The zero-order valence-electron chi connectivity index (χ0n) is 18.1. The van der Waals surface area contributed by atoms with E-state index in [1.54, 1.807) is 0 Å². The van der Waals surface area contributed by atoms with Gasteiger partial charge >= 0.3 is 5.97 Å². The standard InChI is InChI=1S/C22H31N7O2/c1-13-8-20(28-27-13)25-19-11-18-17(4-3-7-23-18)22(26-19)24-14-9-15-5-6-16(10-14)29(15)12-21(30)31-2/h3-4,7,11,13-16,20,27-28H,5-6,8-10,12H2,1-2H3,(H2,24,25,26)/t13?,14?,15-,16+,20?. The molecule has 0 aromatic carbocycles. The van der Waals surface area contributed by atoms with Crippen molar-refractivity contribution in [3.63, 3.8) is 0 Å². The number of aromatic nitrogens is 2. The van der Waals surface area contributed by atoms with Crippen LogP contribution < -0.4 is 21.5 Å². The van der Waals surface area contributed by atoms with Gasteiger partial charge in [-0.25, -0.2) is 10.4 Å². The normalized spacial score (nSPS) is 30.5. The second-order valence-electron chi connectivity index (χ2n) is 8.99. The lowest BCUT2D eigenvalue weighted by Crippen LogP contribution is -2.49. The molecule has 2 bridgehead atoms. The number of rotatable bonds is 6. The first-order chi connectivity index (χ1) is 15.1. The Kier molecular flexibility index (Phi) is 5.64. The first kappa shape index (κ1) is 20.4. The summed E-state index contributed by atoms with van der Waals surface area (Å²) in [7, 11) is 1.46. The molecule has 3 aliphatic heterocycles. The summed E-state index contributed by atoms with van der Waals surface area (Å²) in [5.41, 5.74) is 7.42. The van der Waals surface area contributed by atoms with Crippen molar-refractivity contribution in [2.45, 2.75) is 69.4 Å². The number of pyridine rings is 2. The van der Waals surface area contributed by atoms with Crippen LogP contribution in [0.1, 0.15) is 39.0 Å². The van der Waals surface area contributed by atoms with E-state index in [4.69, 9.17) is 9.72 Å². The van der Waals surface area contributed by atoms with Crippen LogP contribution in [0.25, 0.3) is 10.9 Å². The van der Waals surface area contributed by atoms with Gasteiger partial charge in [0, 0.05) is 41.8 Å². The number of nitrogens with zero attached hydrogens (tertiary/aromatic N) is 3. The molecule has 3 saturated heterocycles. The van der Waals surface area contributed by atoms with Gasteiger partial charge in [-0.1, -0.05) is 0 Å². The molecule has 0 amide bonds. The Labute approximate surface area is 182 Å². The molecule has 9 nitrogen and oxygen atoms in total. The van der Waals surface area contributed by atoms with E-state index in [-0.39, 0.29) is 12.1 Å². The van der Waals surface area contributed by atoms with Crippen LogP contribution in [0.15, 0.2) is 24.4 Å². The van der Waals surface area contributed by atoms with Gasteiger partial charge in [0.1, 0.15) is 11.6 Å². The van der Waals surface area contributed by atoms with E-state index in [1.807, 2.05) is 18.3 Å². The minimum absolute atomic E-state index is 0.133. The van der Waals surface area contributed by atoms with Crippen molar-refractivity contribution in [1.82, 2.24) is 25.7 Å². The predicted octanol–water partition coefficient (Wildman–Crippen LogP) is 1.83. The fraction of sp³-hybridized carbons (Fsp3) is 0.591. The van der Waals surface area contributed by atoms with Crippen molar-refractivity contribution >= 4 is 28.5 Å². The van der Waals surface area contributed by atoms with E-state index in [2.05, 4.69) is 44.4 Å². The molecular weight excluding hydrogens is 394 g/mol. The lowest BCUT2D eigenvalue weighted by atomic mass is 9.97. The van der Waals surface area contributed by atoms with E-state index >= 15 is 0 Å². The van der Waals surface area contributed by atoms with E-state index in [1.165, 1.54) is 7.11 Å². The summed E-state index contributed by atoms with van der Waals surface area (Å²) in [6, 6.07) is 7.60. The number of carbonyl (C=O) groups is 1. The molecule has 0 spiro atoms. The highest BCUT2D eigenvalue weighted by atomic mass is 16.5. The third-order valence-electron chi connectivity index (χ3n) is 6.78. The Hall–Kier alpha value is -2.49. The minimum Gasteiger partial charge on any atom is -0.468 e. The fourth-order valence-corrected chi connectivity index (χ4v) is 5.30. The SMILES string of the molecule is COC(=O)CN1[C@@H]2CC[C@H]1CC(Nc1nc(NC3CC(C)NN3)cc3ncccc13)C2. The van der Waals surface area contributed by atoms with Crippen molar-refractivity contribution in [2.75, 3.05) is 24.3 Å². The van der Waals surface area contributed by atoms with E-state index in [0.29, 0.717) is 30.7 Å². The summed E-state index contributed by atoms with van der Waals surface area (Å²) in [5, 5.41) is 8.23. The molecule has 3 unspecified atom stereocenters. The first-order valence-electron chi connectivity index (χ1n) is 11.2. The monoisotopic (exact) mass is 425 g/mol. The molecule has 4 N–H and O–H groups in total. The van der Waals surface area contributed by atoms with E-state index in [0.717, 1.165) is 54.6 Å². The summed E-state index contributed by atoms with van der Waals surface area (Å²) in [4.78, 5) is 23.6. The maximum absolute atomic E-state index is 11.8. The predicted molar refractivity (Wildman–Crippen MR) is 119 cm³/mol. The van der Waals surface area contributed by atoms with Gasteiger partial charge in [0.05, 0.1) is 25.3 Å². The quantitative estimate of drug-likeness (QED) is 0.516. The minimum atomic E-state index is -0.148. The molecule has 9 heteroatoms. The molecule has 3 aliphatic rings. The number of esters is 1. The summed E-state index contributed by atoms with van der Waals surface area (Å²) >= 11 is 0. The van der Waals surface area contributed by atoms with Gasteiger partial charge in [-0.15, -0.1) is 0 Å². The number of hydrogen-bond donors (Lipinski definition) is 4. The number of hydrogen-bond acceptors (Lipinski definition) is 9. The average Bonchev–Trinajstić information content (AvgIpc) is 3.26. The molecular formula is C22H31N7O2. The highest BCUT2D eigenvalue weighted by Gasteiger charge is 2.41. The largest absolute Gasteiger partial charge is 0.468 e. The number of fused-ring (bicyclic) bond motifs is 3. The third-order valence-corrected chi connectivity index (χ3v) is 6.78. The molecule has 0 saturated carbocycles. The van der Waals surface area contributed by atoms with Crippen molar-refractivity contribution in [2.24, 2.45) is 0 Å². The number of carbonyl (C=O) groups excluding carboxylic acids is 1. The van der Waals surface area contributed by atoms with Crippen molar-refractivity contribution in [1.29, 1.82) is 0 Å². The van der Waals surface area contributed by atoms with Crippen LogP contribution >= 0.6 is 0 Å². The van der Waals surface area contributed by atoms with E-state index in [9.17, 15) is 4.79 Å². The molecule has 2 aromatic heterocycles. The van der Waals surface area contributed by atoms with Gasteiger partial charge in [0.25, 0.3) is 0 Å². The number of nitrogens with one attached hydrogen (secondary N) is 4. The Balaban J connectivity index is 1.34. The number of anilines is 2. The van der Waals surface area contributed by atoms with Crippen LogP contribution in [-0.4, -0.2) is 64.8 Å². The molecule has 0 radical (unpaired) electrons. The van der Waals surface area contributed by atoms with Gasteiger partial charge in [-0.3, -0.25) is 20.1 Å². The average molecular weight is 426 g/mol. The number of ether oxygens (including phenoxy) is 1. The van der Waals surface area contributed by atoms with Gasteiger partial charge in [0.2, 0.25) is 0 Å². The zero-order chi connectivity index (χ0) is 21.4. The smallest absolute Gasteiger partial charge is 0.319 e. The second-order valence-corrected chi connectivity index (χ2v) is 8.99. The maximum Gasteiger partial charge on any atom is 0.319 e. The van der Waals surface area contributed by atoms with Crippen molar-refractivity contribution in [3.05, 3.63) is 24.4 Å². The van der Waals surface area contributed by atoms with Gasteiger partial charge in [-0.2, -0.15) is 0 Å². The van der Waals surface area contributed by atoms with Gasteiger partial charge < -0.3 is 15.4 Å². The maximum atomic E-state index is 11.8. The van der Waals surface area contributed by atoms with Crippen LogP contribution in [-0.2, 0) is 9.53 Å². The molecule has 5 rings (SSSR count).